The van der Waals surface area contributed by atoms with Crippen LogP contribution < -0.4 is 10.1 Å². The second-order valence-electron chi connectivity index (χ2n) is 3.03. The molecule has 0 amide bonds. The van der Waals surface area contributed by atoms with Gasteiger partial charge in [-0.2, -0.15) is 0 Å². The molecule has 0 radical (unpaired) electrons. The molecule has 0 saturated carbocycles. The molecule has 2 rings (SSSR count). The first-order chi connectivity index (χ1) is 7.81. The molecule has 2 aromatic rings. The quantitative estimate of drug-likeness (QED) is 0.830. The van der Waals surface area contributed by atoms with Crippen molar-refractivity contribution < 1.29 is 9.15 Å². The summed E-state index contributed by atoms with van der Waals surface area (Å²) >= 11 is 5.86. The van der Waals surface area contributed by atoms with Gasteiger partial charge in [-0.1, -0.05) is 11.6 Å². The summed E-state index contributed by atoms with van der Waals surface area (Å²) in [6, 6.07) is 1.86. The van der Waals surface area contributed by atoms with Gasteiger partial charge in [-0.25, -0.2) is 9.97 Å². The van der Waals surface area contributed by atoms with Crippen LogP contribution in [0.2, 0.25) is 5.15 Å². The molecule has 1 N–H and O–H groups in total. The van der Waals surface area contributed by atoms with E-state index in [2.05, 4.69) is 15.3 Å². The molecule has 2 aromatic heterocycles. The molecule has 0 atom stereocenters. The van der Waals surface area contributed by atoms with Crippen LogP contribution in [0.25, 0.3) is 0 Å². The summed E-state index contributed by atoms with van der Waals surface area (Å²) in [4.78, 5) is 7.87. The summed E-state index contributed by atoms with van der Waals surface area (Å²) in [7, 11) is 1.52. The summed E-state index contributed by atoms with van der Waals surface area (Å²) in [5.74, 6) is 0.997. The molecule has 84 valence electrons. The lowest BCUT2D eigenvalue weighted by atomic mass is 10.3. The normalized spacial score (nSPS) is 10.1. The lowest BCUT2D eigenvalue weighted by Crippen LogP contribution is -2.03. The second kappa shape index (κ2) is 4.85. The van der Waals surface area contributed by atoms with Gasteiger partial charge in [-0.15, -0.1) is 0 Å². The van der Waals surface area contributed by atoms with Gasteiger partial charge in [-0.3, -0.25) is 0 Å². The van der Waals surface area contributed by atoms with E-state index < -0.39 is 0 Å². The highest BCUT2D eigenvalue weighted by Gasteiger charge is 2.09. The number of methoxy groups -OCH3 is 1. The minimum atomic E-state index is 0.284. The van der Waals surface area contributed by atoms with Gasteiger partial charge in [0.15, 0.2) is 16.7 Å². The molecule has 0 saturated heterocycles. The third-order valence-electron chi connectivity index (χ3n) is 2.00. The molecule has 6 heteroatoms. The van der Waals surface area contributed by atoms with Gasteiger partial charge in [0, 0.05) is 12.1 Å². The molecule has 5 nitrogen and oxygen atoms in total. The van der Waals surface area contributed by atoms with Gasteiger partial charge in [0.05, 0.1) is 19.6 Å². The van der Waals surface area contributed by atoms with Crippen LogP contribution >= 0.6 is 11.6 Å². The van der Waals surface area contributed by atoms with Crippen LogP contribution in [-0.2, 0) is 6.54 Å². The molecule has 0 aromatic carbocycles. The standard InChI is InChI=1S/C10H10ClN3O2/c1-15-8-9(11)13-6-14-10(8)12-4-7-2-3-16-5-7/h2-3,5-6H,4H2,1H3,(H,12,13,14). The third kappa shape index (κ3) is 2.25. The highest BCUT2D eigenvalue weighted by Crippen LogP contribution is 2.28. The van der Waals surface area contributed by atoms with Crippen LogP contribution in [0.1, 0.15) is 5.56 Å². The number of aromatic nitrogens is 2. The summed E-state index contributed by atoms with van der Waals surface area (Å²) in [6.07, 6.45) is 4.64. The van der Waals surface area contributed by atoms with E-state index in [-0.39, 0.29) is 5.15 Å². The summed E-state index contributed by atoms with van der Waals surface area (Å²) < 4.78 is 10.1. The third-order valence-corrected chi connectivity index (χ3v) is 2.27. The molecular formula is C10H10ClN3O2. The number of anilines is 1. The molecule has 0 unspecified atom stereocenters. The van der Waals surface area contributed by atoms with Gasteiger partial charge in [0.25, 0.3) is 0 Å². The Balaban J connectivity index is 2.12. The Bertz CT molecular complexity index is 459. The monoisotopic (exact) mass is 239 g/mol. The van der Waals surface area contributed by atoms with Gasteiger partial charge in [-0.05, 0) is 6.07 Å². The van der Waals surface area contributed by atoms with E-state index in [0.717, 1.165) is 5.56 Å². The Kier molecular flexibility index (Phi) is 3.26. The van der Waals surface area contributed by atoms with Crippen molar-refractivity contribution in [1.29, 1.82) is 0 Å². The van der Waals surface area contributed by atoms with E-state index in [1.54, 1.807) is 12.5 Å². The van der Waals surface area contributed by atoms with Crippen molar-refractivity contribution in [3.8, 4) is 5.75 Å². The Morgan fingerprint density at radius 3 is 3.06 bits per heavy atom. The fourth-order valence-electron chi connectivity index (χ4n) is 1.24. The molecule has 0 spiro atoms. The lowest BCUT2D eigenvalue weighted by Gasteiger charge is -2.09. The highest BCUT2D eigenvalue weighted by molar-refractivity contribution is 6.31. The molecule has 0 aliphatic carbocycles. The molecule has 0 aliphatic heterocycles. The van der Waals surface area contributed by atoms with E-state index >= 15 is 0 Å². The SMILES string of the molecule is COc1c(Cl)ncnc1NCc1ccoc1. The fourth-order valence-corrected chi connectivity index (χ4v) is 1.45. The van der Waals surface area contributed by atoms with Crippen molar-refractivity contribution in [3.05, 3.63) is 35.6 Å². The minimum absolute atomic E-state index is 0.284. The Labute approximate surface area is 97.4 Å². The number of rotatable bonds is 4. The van der Waals surface area contributed by atoms with Crippen LogP contribution in [0.5, 0.6) is 5.75 Å². The van der Waals surface area contributed by atoms with Crippen molar-refractivity contribution in [1.82, 2.24) is 9.97 Å². The zero-order valence-corrected chi connectivity index (χ0v) is 9.36. The molecule has 2 heterocycles. The van der Waals surface area contributed by atoms with Gasteiger partial charge in [0.1, 0.15) is 6.33 Å². The van der Waals surface area contributed by atoms with Crippen molar-refractivity contribution in [2.75, 3.05) is 12.4 Å². The molecular weight excluding hydrogens is 230 g/mol. The first kappa shape index (κ1) is 10.8. The van der Waals surface area contributed by atoms with E-state index in [4.69, 9.17) is 20.8 Å². The number of hydrogen-bond acceptors (Lipinski definition) is 5. The summed E-state index contributed by atoms with van der Waals surface area (Å²) in [5.41, 5.74) is 1.01. The number of furan rings is 1. The van der Waals surface area contributed by atoms with Crippen molar-refractivity contribution >= 4 is 17.4 Å². The average Bonchev–Trinajstić information content (AvgIpc) is 2.79. The van der Waals surface area contributed by atoms with Crippen LogP contribution in [0.3, 0.4) is 0 Å². The highest BCUT2D eigenvalue weighted by atomic mass is 35.5. The fraction of sp³-hybridized carbons (Fsp3) is 0.200. The topological polar surface area (TPSA) is 60.2 Å². The zero-order valence-electron chi connectivity index (χ0n) is 8.61. The van der Waals surface area contributed by atoms with E-state index in [9.17, 15) is 0 Å². The number of hydrogen-bond donors (Lipinski definition) is 1. The first-order valence-corrected chi connectivity index (χ1v) is 4.98. The first-order valence-electron chi connectivity index (χ1n) is 4.60. The molecule has 0 aliphatic rings. The lowest BCUT2D eigenvalue weighted by molar-refractivity contribution is 0.413. The van der Waals surface area contributed by atoms with Crippen LogP contribution in [0.4, 0.5) is 5.82 Å². The summed E-state index contributed by atoms with van der Waals surface area (Å²) in [6.45, 7) is 0.584. The molecule has 0 fully saturated rings. The van der Waals surface area contributed by atoms with E-state index in [1.807, 2.05) is 6.07 Å². The Morgan fingerprint density at radius 1 is 1.50 bits per heavy atom. The van der Waals surface area contributed by atoms with Crippen molar-refractivity contribution in [2.45, 2.75) is 6.54 Å². The summed E-state index contributed by atoms with van der Waals surface area (Å²) in [5, 5.41) is 3.37. The van der Waals surface area contributed by atoms with E-state index in [1.165, 1.54) is 13.4 Å². The van der Waals surface area contributed by atoms with Crippen LogP contribution in [0, 0.1) is 0 Å². The Hall–Kier alpha value is -1.75. The van der Waals surface area contributed by atoms with Crippen molar-refractivity contribution in [2.24, 2.45) is 0 Å². The predicted octanol–water partition coefficient (Wildman–Crippen LogP) is 2.34. The van der Waals surface area contributed by atoms with Gasteiger partial charge >= 0.3 is 0 Å². The second-order valence-corrected chi connectivity index (χ2v) is 3.39. The maximum Gasteiger partial charge on any atom is 0.198 e. The number of nitrogens with zero attached hydrogens (tertiary/aromatic N) is 2. The Morgan fingerprint density at radius 2 is 2.38 bits per heavy atom. The zero-order chi connectivity index (χ0) is 11.4. The van der Waals surface area contributed by atoms with Crippen molar-refractivity contribution in [3.63, 3.8) is 0 Å². The molecule has 0 bridgehead atoms. The average molecular weight is 240 g/mol. The van der Waals surface area contributed by atoms with Gasteiger partial charge < -0.3 is 14.5 Å². The van der Waals surface area contributed by atoms with E-state index in [0.29, 0.717) is 18.1 Å². The molecule has 16 heavy (non-hydrogen) atoms. The maximum absolute atomic E-state index is 5.86. The number of nitrogens with one attached hydrogen (secondary N) is 1. The van der Waals surface area contributed by atoms with Crippen LogP contribution in [0.15, 0.2) is 29.3 Å². The number of ether oxygens (including phenoxy) is 1. The maximum atomic E-state index is 5.86. The minimum Gasteiger partial charge on any atom is -0.490 e. The smallest absolute Gasteiger partial charge is 0.198 e. The number of halogens is 1. The van der Waals surface area contributed by atoms with Gasteiger partial charge in [0.2, 0.25) is 0 Å². The largest absolute Gasteiger partial charge is 0.490 e. The van der Waals surface area contributed by atoms with Crippen LogP contribution in [-0.4, -0.2) is 17.1 Å². The predicted molar refractivity (Wildman–Crippen MR) is 59.6 cm³/mol.